The lowest BCUT2D eigenvalue weighted by Crippen LogP contribution is -2.15. The van der Waals surface area contributed by atoms with Crippen LogP contribution in [0.4, 0.5) is 5.69 Å². The molecular weight excluding hydrogens is 378 g/mol. The van der Waals surface area contributed by atoms with Crippen molar-refractivity contribution in [1.29, 1.82) is 0 Å². The van der Waals surface area contributed by atoms with Gasteiger partial charge < -0.3 is 9.72 Å². The Morgan fingerprint density at radius 2 is 2.03 bits per heavy atom. The predicted octanol–water partition coefficient (Wildman–Crippen LogP) is 3.23. The summed E-state index contributed by atoms with van der Waals surface area (Å²) in [5, 5.41) is 11.9. The van der Waals surface area contributed by atoms with Gasteiger partial charge in [0, 0.05) is 36.4 Å². The molecule has 0 aromatic carbocycles. The molecular formula is C22H27N7O. The van der Waals surface area contributed by atoms with Crippen molar-refractivity contribution in [3.63, 3.8) is 0 Å². The van der Waals surface area contributed by atoms with Gasteiger partial charge in [0.25, 0.3) is 0 Å². The highest BCUT2D eigenvalue weighted by Gasteiger charge is 2.16. The molecule has 0 bridgehead atoms. The first-order valence-corrected chi connectivity index (χ1v) is 10.2. The molecule has 0 unspecified atom stereocenters. The van der Waals surface area contributed by atoms with Crippen LogP contribution in [0.25, 0.3) is 5.65 Å². The highest BCUT2D eigenvalue weighted by Crippen LogP contribution is 2.17. The van der Waals surface area contributed by atoms with Gasteiger partial charge in [0.05, 0.1) is 36.2 Å². The lowest BCUT2D eigenvalue weighted by molar-refractivity contribution is -0.115. The van der Waals surface area contributed by atoms with E-state index in [1.165, 1.54) is 0 Å². The van der Waals surface area contributed by atoms with Gasteiger partial charge in [0.1, 0.15) is 5.65 Å². The summed E-state index contributed by atoms with van der Waals surface area (Å²) in [5.41, 5.74) is 5.44. The van der Waals surface area contributed by atoms with Crippen molar-refractivity contribution < 1.29 is 4.79 Å². The quantitative estimate of drug-likeness (QED) is 0.512. The molecule has 1 amide bonds. The van der Waals surface area contributed by atoms with Gasteiger partial charge >= 0.3 is 0 Å². The third-order valence-corrected chi connectivity index (χ3v) is 5.06. The summed E-state index contributed by atoms with van der Waals surface area (Å²) in [5.74, 6) is 0.431. The monoisotopic (exact) mass is 405 g/mol. The number of carbonyl (C=O) groups is 1. The molecule has 0 aliphatic rings. The maximum Gasteiger partial charge on any atom is 0.229 e. The van der Waals surface area contributed by atoms with Crippen LogP contribution in [0.15, 0.2) is 43.0 Å². The van der Waals surface area contributed by atoms with Crippen molar-refractivity contribution in [3.8, 4) is 0 Å². The number of aryl methyl sites for hydroxylation is 1. The molecule has 0 saturated heterocycles. The van der Waals surface area contributed by atoms with Gasteiger partial charge in [-0.1, -0.05) is 19.9 Å². The van der Waals surface area contributed by atoms with Crippen LogP contribution in [0.2, 0.25) is 0 Å². The smallest absolute Gasteiger partial charge is 0.229 e. The minimum atomic E-state index is -0.0717. The van der Waals surface area contributed by atoms with E-state index in [9.17, 15) is 4.79 Å². The Labute approximate surface area is 175 Å². The second kappa shape index (κ2) is 8.14. The van der Waals surface area contributed by atoms with Crippen molar-refractivity contribution in [2.45, 2.75) is 47.2 Å². The molecule has 8 heteroatoms. The van der Waals surface area contributed by atoms with E-state index in [0.29, 0.717) is 24.6 Å². The molecule has 1 N–H and O–H groups in total. The van der Waals surface area contributed by atoms with E-state index in [4.69, 9.17) is 0 Å². The highest BCUT2D eigenvalue weighted by atomic mass is 16.1. The largest absolute Gasteiger partial charge is 0.323 e. The Morgan fingerprint density at radius 3 is 2.80 bits per heavy atom. The summed E-state index contributed by atoms with van der Waals surface area (Å²) in [6.45, 7) is 9.69. The van der Waals surface area contributed by atoms with Gasteiger partial charge in [-0.25, -0.2) is 4.98 Å². The summed E-state index contributed by atoms with van der Waals surface area (Å²) in [6.07, 6.45) is 7.73. The number of hydrogen-bond acceptors (Lipinski definition) is 4. The van der Waals surface area contributed by atoms with Crippen LogP contribution < -0.4 is 5.32 Å². The Kier molecular flexibility index (Phi) is 5.39. The molecule has 0 saturated carbocycles. The van der Waals surface area contributed by atoms with Gasteiger partial charge in [-0.15, -0.1) is 0 Å². The third kappa shape index (κ3) is 4.27. The summed E-state index contributed by atoms with van der Waals surface area (Å²) < 4.78 is 5.75. The molecule has 0 spiro atoms. The summed E-state index contributed by atoms with van der Waals surface area (Å²) in [4.78, 5) is 17.2. The zero-order valence-corrected chi connectivity index (χ0v) is 17.8. The molecule has 4 aromatic heterocycles. The number of amides is 1. The first-order valence-electron chi connectivity index (χ1n) is 10.2. The second-order valence-electron chi connectivity index (χ2n) is 8.08. The molecule has 8 nitrogen and oxygen atoms in total. The number of aromatic nitrogens is 6. The second-order valence-corrected chi connectivity index (χ2v) is 8.08. The molecule has 4 heterocycles. The zero-order valence-electron chi connectivity index (χ0n) is 17.8. The van der Waals surface area contributed by atoms with Crippen molar-refractivity contribution in [3.05, 3.63) is 65.6 Å². The average molecular weight is 406 g/mol. The molecule has 156 valence electrons. The van der Waals surface area contributed by atoms with E-state index >= 15 is 0 Å². The number of anilines is 1. The van der Waals surface area contributed by atoms with E-state index < -0.39 is 0 Å². The molecule has 0 aliphatic carbocycles. The normalized spacial score (nSPS) is 11.5. The number of imidazole rings is 1. The summed E-state index contributed by atoms with van der Waals surface area (Å²) >= 11 is 0. The third-order valence-electron chi connectivity index (χ3n) is 5.06. The van der Waals surface area contributed by atoms with Gasteiger partial charge in [-0.3, -0.25) is 14.2 Å². The van der Waals surface area contributed by atoms with E-state index in [1.807, 2.05) is 59.7 Å². The van der Waals surface area contributed by atoms with Crippen molar-refractivity contribution in [1.82, 2.24) is 28.9 Å². The Bertz CT molecular complexity index is 1150. The number of rotatable bonds is 7. The zero-order chi connectivity index (χ0) is 21.3. The Balaban J connectivity index is 1.40. The summed E-state index contributed by atoms with van der Waals surface area (Å²) in [7, 11) is 0. The van der Waals surface area contributed by atoms with E-state index in [2.05, 4.69) is 34.3 Å². The number of pyridine rings is 1. The maximum absolute atomic E-state index is 12.6. The first kappa shape index (κ1) is 19.9. The van der Waals surface area contributed by atoms with Crippen LogP contribution >= 0.6 is 0 Å². The number of hydrogen-bond donors (Lipinski definition) is 1. The van der Waals surface area contributed by atoms with E-state index in [1.54, 1.807) is 10.9 Å². The molecule has 0 aliphatic heterocycles. The average Bonchev–Trinajstić information content (AvgIpc) is 3.36. The first-order chi connectivity index (χ1) is 14.4. The van der Waals surface area contributed by atoms with E-state index in [-0.39, 0.29) is 5.91 Å². The lowest BCUT2D eigenvalue weighted by Gasteiger charge is -2.08. The van der Waals surface area contributed by atoms with Gasteiger partial charge in [-0.2, -0.15) is 10.2 Å². The SMILES string of the molecule is Cc1nn(CC(C)C)c(C)c1CC(=O)Nc1cnn(Cc2cn3ccccc3n2)c1. The fraction of sp³-hybridized carbons (Fsp3) is 0.364. The van der Waals surface area contributed by atoms with Crippen LogP contribution in [0.5, 0.6) is 0 Å². The van der Waals surface area contributed by atoms with Crippen molar-refractivity contribution in [2.24, 2.45) is 5.92 Å². The molecule has 30 heavy (non-hydrogen) atoms. The molecule has 0 fully saturated rings. The van der Waals surface area contributed by atoms with Crippen LogP contribution in [-0.2, 0) is 24.3 Å². The molecule has 0 atom stereocenters. The van der Waals surface area contributed by atoms with E-state index in [0.717, 1.165) is 34.8 Å². The van der Waals surface area contributed by atoms with Gasteiger partial charge in [0.2, 0.25) is 5.91 Å². The van der Waals surface area contributed by atoms with Gasteiger partial charge in [0.15, 0.2) is 0 Å². The lowest BCUT2D eigenvalue weighted by atomic mass is 10.1. The standard InChI is InChI=1S/C22H27N7O/c1-15(2)11-29-17(4)20(16(3)26-29)9-22(30)25-18-10-23-28(13-18)14-19-12-27-8-6-5-7-21(27)24-19/h5-8,10,12-13,15H,9,11,14H2,1-4H3,(H,25,30). The predicted molar refractivity (Wildman–Crippen MR) is 115 cm³/mol. The molecule has 4 aromatic rings. The number of nitrogens with one attached hydrogen (secondary N) is 1. The summed E-state index contributed by atoms with van der Waals surface area (Å²) in [6, 6.07) is 5.89. The van der Waals surface area contributed by atoms with Crippen molar-refractivity contribution in [2.75, 3.05) is 5.32 Å². The number of carbonyl (C=O) groups excluding carboxylic acids is 1. The molecule has 0 radical (unpaired) electrons. The molecule has 4 rings (SSSR count). The van der Waals surface area contributed by atoms with Crippen LogP contribution in [0.3, 0.4) is 0 Å². The maximum atomic E-state index is 12.6. The number of fused-ring (bicyclic) bond motifs is 1. The minimum absolute atomic E-state index is 0.0717. The Hall–Kier alpha value is -3.42. The number of nitrogens with zero attached hydrogens (tertiary/aromatic N) is 6. The Morgan fingerprint density at radius 1 is 1.20 bits per heavy atom. The fourth-order valence-electron chi connectivity index (χ4n) is 3.62. The topological polar surface area (TPSA) is 82.0 Å². The van der Waals surface area contributed by atoms with Crippen LogP contribution in [0, 0.1) is 19.8 Å². The highest BCUT2D eigenvalue weighted by molar-refractivity contribution is 5.92. The van der Waals surface area contributed by atoms with Crippen molar-refractivity contribution >= 4 is 17.2 Å². The minimum Gasteiger partial charge on any atom is -0.323 e. The fourth-order valence-corrected chi connectivity index (χ4v) is 3.62. The van der Waals surface area contributed by atoms with Crippen LogP contribution in [0.1, 0.15) is 36.5 Å². The van der Waals surface area contributed by atoms with Crippen LogP contribution in [-0.4, -0.2) is 34.9 Å². The van der Waals surface area contributed by atoms with Gasteiger partial charge in [-0.05, 0) is 31.9 Å².